The molecule has 0 radical (unpaired) electrons. The summed E-state index contributed by atoms with van der Waals surface area (Å²) < 4.78 is 11.3. The summed E-state index contributed by atoms with van der Waals surface area (Å²) >= 11 is 0. The first-order valence-corrected chi connectivity index (χ1v) is 17.4. The first-order chi connectivity index (χ1) is 19.4. The average molecular weight is 568 g/mol. The minimum atomic E-state index is -0.319. The molecule has 0 aromatic rings. The smallest absolute Gasteiger partial charge is 0.306 e. The van der Waals surface area contributed by atoms with Crippen LogP contribution in [0.5, 0.6) is 0 Å². The number of carbonyl (C=O) groups is 2. The van der Waals surface area contributed by atoms with Gasteiger partial charge in [-0.3, -0.25) is 9.59 Å². The number of esters is 2. The van der Waals surface area contributed by atoms with E-state index in [1.807, 2.05) is 14.1 Å². The third kappa shape index (κ3) is 27.1. The summed E-state index contributed by atoms with van der Waals surface area (Å²) in [6.07, 6.45) is 27.5. The molecule has 0 bridgehead atoms. The summed E-state index contributed by atoms with van der Waals surface area (Å²) in [7, 11) is 4.01. The van der Waals surface area contributed by atoms with Crippen molar-refractivity contribution in [2.24, 2.45) is 5.92 Å². The molecule has 0 saturated carbocycles. The number of hydrogen-bond acceptors (Lipinski definition) is 5. The van der Waals surface area contributed by atoms with Crippen molar-refractivity contribution >= 4 is 11.9 Å². The Morgan fingerprint density at radius 3 is 1.57 bits per heavy atom. The zero-order chi connectivity index (χ0) is 29.7. The van der Waals surface area contributed by atoms with Crippen LogP contribution >= 0.6 is 0 Å². The van der Waals surface area contributed by atoms with Crippen molar-refractivity contribution in [3.63, 3.8) is 0 Å². The molecular weight excluding hydrogens is 498 g/mol. The van der Waals surface area contributed by atoms with Gasteiger partial charge in [-0.25, -0.2) is 0 Å². The van der Waals surface area contributed by atoms with Gasteiger partial charge < -0.3 is 14.4 Å². The van der Waals surface area contributed by atoms with E-state index in [4.69, 9.17) is 9.47 Å². The minimum absolute atomic E-state index is 0.152. The zero-order valence-electron chi connectivity index (χ0n) is 27.6. The normalized spacial score (nSPS) is 12.3. The molecule has 0 heterocycles. The van der Waals surface area contributed by atoms with Crippen LogP contribution in [0.15, 0.2) is 0 Å². The Morgan fingerprint density at radius 2 is 1.05 bits per heavy atom. The lowest BCUT2D eigenvalue weighted by atomic mass is 9.95. The third-order valence-electron chi connectivity index (χ3n) is 8.24. The molecule has 0 spiro atoms. The van der Waals surface area contributed by atoms with E-state index in [0.717, 1.165) is 51.0 Å². The molecule has 5 nitrogen and oxygen atoms in total. The molecule has 1 unspecified atom stereocenters. The number of hydrogen-bond donors (Lipinski definition) is 0. The Morgan fingerprint density at radius 1 is 0.575 bits per heavy atom. The number of ether oxygens (including phenoxy) is 2. The van der Waals surface area contributed by atoms with Gasteiger partial charge >= 0.3 is 11.9 Å². The van der Waals surface area contributed by atoms with Crippen molar-refractivity contribution in [2.75, 3.05) is 27.2 Å². The highest BCUT2D eigenvalue weighted by Gasteiger charge is 2.17. The largest absolute Gasteiger partial charge is 0.462 e. The molecule has 1 atom stereocenters. The van der Waals surface area contributed by atoms with Crippen LogP contribution in [-0.4, -0.2) is 50.2 Å². The van der Waals surface area contributed by atoms with E-state index in [2.05, 4.69) is 25.7 Å². The first-order valence-electron chi connectivity index (χ1n) is 17.4. The highest BCUT2D eigenvalue weighted by molar-refractivity contribution is 5.70. The maximum atomic E-state index is 12.4. The van der Waals surface area contributed by atoms with Crippen LogP contribution in [0, 0.1) is 5.92 Å². The quantitative estimate of drug-likeness (QED) is 0.0638. The van der Waals surface area contributed by atoms with Crippen LogP contribution < -0.4 is 0 Å². The van der Waals surface area contributed by atoms with Crippen LogP contribution in [0.2, 0.25) is 0 Å². The van der Waals surface area contributed by atoms with Gasteiger partial charge in [0.15, 0.2) is 0 Å². The second-order valence-electron chi connectivity index (χ2n) is 12.4. The van der Waals surface area contributed by atoms with Gasteiger partial charge in [-0.15, -0.1) is 0 Å². The lowest BCUT2D eigenvalue weighted by molar-refractivity contribution is -0.159. The lowest BCUT2D eigenvalue weighted by Crippen LogP contribution is -2.26. The van der Waals surface area contributed by atoms with E-state index < -0.39 is 0 Å². The van der Waals surface area contributed by atoms with Crippen LogP contribution in [0.25, 0.3) is 0 Å². The molecule has 0 fully saturated rings. The van der Waals surface area contributed by atoms with Crippen LogP contribution in [0.3, 0.4) is 0 Å². The number of nitrogens with zero attached hydrogens (tertiary/aromatic N) is 1. The van der Waals surface area contributed by atoms with Crippen molar-refractivity contribution in [2.45, 2.75) is 181 Å². The SMILES string of the molecule is CCCCCCCCCCCCCCCCC(=O)OCC(CCCCCC(CC)CC)OC(=O)CCCN(C)C. The first kappa shape index (κ1) is 38.9. The summed E-state index contributed by atoms with van der Waals surface area (Å²) in [6, 6.07) is 0. The van der Waals surface area contributed by atoms with Gasteiger partial charge in [0.25, 0.3) is 0 Å². The standard InChI is InChI=1S/C35H69NO4/c1-6-9-10-11-12-13-14-15-16-17-18-19-20-24-28-34(37)39-31-33(40-35(38)29-25-30-36(4)5)27-23-21-22-26-32(7-2)8-3/h32-33H,6-31H2,1-5H3. The fourth-order valence-electron chi connectivity index (χ4n) is 5.36. The predicted octanol–water partition coefficient (Wildman–Crippen LogP) is 10.0. The summed E-state index contributed by atoms with van der Waals surface area (Å²) in [5.41, 5.74) is 0. The molecule has 0 aliphatic carbocycles. The van der Waals surface area contributed by atoms with Crippen molar-refractivity contribution in [1.82, 2.24) is 4.90 Å². The highest BCUT2D eigenvalue weighted by Crippen LogP contribution is 2.19. The summed E-state index contributed by atoms with van der Waals surface area (Å²) in [5.74, 6) is 0.495. The Balaban J connectivity index is 4.04. The minimum Gasteiger partial charge on any atom is -0.462 e. The number of rotatable bonds is 30. The Bertz CT molecular complexity index is 562. The fraction of sp³-hybridized carbons (Fsp3) is 0.943. The molecule has 5 heteroatoms. The Hall–Kier alpha value is -1.10. The predicted molar refractivity (Wildman–Crippen MR) is 171 cm³/mol. The monoisotopic (exact) mass is 568 g/mol. The second kappa shape index (κ2) is 29.4. The van der Waals surface area contributed by atoms with Gasteiger partial charge in [-0.1, -0.05) is 136 Å². The lowest BCUT2D eigenvalue weighted by Gasteiger charge is -2.19. The average Bonchev–Trinajstić information content (AvgIpc) is 2.93. The van der Waals surface area contributed by atoms with E-state index >= 15 is 0 Å². The molecule has 0 aromatic heterocycles. The second-order valence-corrected chi connectivity index (χ2v) is 12.4. The van der Waals surface area contributed by atoms with Crippen molar-refractivity contribution in [3.05, 3.63) is 0 Å². The van der Waals surface area contributed by atoms with Crippen LogP contribution in [0.1, 0.15) is 175 Å². The molecule has 0 aliphatic heterocycles. The Labute approximate surface area is 249 Å². The Kier molecular flexibility index (Phi) is 28.6. The highest BCUT2D eigenvalue weighted by atomic mass is 16.6. The molecule has 238 valence electrons. The molecule has 0 aliphatic rings. The van der Waals surface area contributed by atoms with Crippen molar-refractivity contribution in [1.29, 1.82) is 0 Å². The molecule has 0 amide bonds. The van der Waals surface area contributed by atoms with Gasteiger partial charge in [0.1, 0.15) is 12.7 Å². The molecule has 0 rings (SSSR count). The van der Waals surface area contributed by atoms with Crippen molar-refractivity contribution in [3.8, 4) is 0 Å². The van der Waals surface area contributed by atoms with Gasteiger partial charge in [-0.2, -0.15) is 0 Å². The summed E-state index contributed by atoms with van der Waals surface area (Å²) in [4.78, 5) is 26.8. The maximum Gasteiger partial charge on any atom is 0.306 e. The van der Waals surface area contributed by atoms with E-state index in [9.17, 15) is 9.59 Å². The van der Waals surface area contributed by atoms with E-state index in [1.165, 1.54) is 103 Å². The van der Waals surface area contributed by atoms with E-state index in [-0.39, 0.29) is 24.6 Å². The van der Waals surface area contributed by atoms with Gasteiger partial charge in [0.05, 0.1) is 0 Å². The van der Waals surface area contributed by atoms with E-state index in [0.29, 0.717) is 12.8 Å². The van der Waals surface area contributed by atoms with Gasteiger partial charge in [-0.05, 0) is 52.2 Å². The molecule has 40 heavy (non-hydrogen) atoms. The van der Waals surface area contributed by atoms with Gasteiger partial charge in [0.2, 0.25) is 0 Å². The molecule has 0 aromatic carbocycles. The van der Waals surface area contributed by atoms with Crippen LogP contribution in [-0.2, 0) is 19.1 Å². The number of unbranched alkanes of at least 4 members (excludes halogenated alkanes) is 15. The summed E-state index contributed by atoms with van der Waals surface area (Å²) in [6.45, 7) is 7.88. The van der Waals surface area contributed by atoms with Crippen molar-refractivity contribution < 1.29 is 19.1 Å². The summed E-state index contributed by atoms with van der Waals surface area (Å²) in [5, 5.41) is 0. The zero-order valence-corrected chi connectivity index (χ0v) is 27.6. The van der Waals surface area contributed by atoms with Gasteiger partial charge in [0, 0.05) is 12.8 Å². The molecule has 0 N–H and O–H groups in total. The third-order valence-corrected chi connectivity index (χ3v) is 8.24. The van der Waals surface area contributed by atoms with Crippen LogP contribution in [0.4, 0.5) is 0 Å². The fourth-order valence-corrected chi connectivity index (χ4v) is 5.36. The maximum absolute atomic E-state index is 12.4. The number of carbonyl (C=O) groups excluding carboxylic acids is 2. The topological polar surface area (TPSA) is 55.8 Å². The van der Waals surface area contributed by atoms with E-state index in [1.54, 1.807) is 0 Å². The molecule has 0 saturated heterocycles. The molecular formula is C35H69NO4.